The van der Waals surface area contributed by atoms with Crippen LogP contribution in [-0.4, -0.2) is 31.1 Å². The van der Waals surface area contributed by atoms with Crippen molar-refractivity contribution in [1.82, 2.24) is 10.2 Å². The minimum Gasteiger partial charge on any atom is -0.317 e. The second-order valence-corrected chi connectivity index (χ2v) is 6.14. The third-order valence-corrected chi connectivity index (χ3v) is 4.65. The van der Waals surface area contributed by atoms with Crippen LogP contribution in [0.4, 0.5) is 0 Å². The fourth-order valence-corrected chi connectivity index (χ4v) is 3.23. The van der Waals surface area contributed by atoms with Crippen LogP contribution in [-0.2, 0) is 6.54 Å². The molecule has 0 amide bonds. The van der Waals surface area contributed by atoms with Crippen LogP contribution in [0.3, 0.4) is 0 Å². The molecule has 0 bridgehead atoms. The topological polar surface area (TPSA) is 15.3 Å². The lowest BCUT2D eigenvalue weighted by atomic mass is 9.90. The number of nitrogens with zero attached hydrogens (tertiary/aromatic N) is 1. The van der Waals surface area contributed by atoms with Crippen LogP contribution in [0.25, 0.3) is 0 Å². The molecule has 0 saturated heterocycles. The molecule has 1 saturated carbocycles. The number of rotatable bonds is 4. The van der Waals surface area contributed by atoms with Gasteiger partial charge in [0.15, 0.2) is 0 Å². The highest BCUT2D eigenvalue weighted by molar-refractivity contribution is 5.30. The molecule has 0 unspecified atom stereocenters. The van der Waals surface area contributed by atoms with E-state index in [1.807, 2.05) is 0 Å². The molecule has 2 nitrogen and oxygen atoms in total. The van der Waals surface area contributed by atoms with Crippen molar-refractivity contribution >= 4 is 0 Å². The van der Waals surface area contributed by atoms with E-state index in [0.717, 1.165) is 18.6 Å². The Bertz CT molecular complexity index is 406. The summed E-state index contributed by atoms with van der Waals surface area (Å²) in [4.78, 5) is 2.55. The maximum Gasteiger partial charge on any atom is 0.0236 e. The van der Waals surface area contributed by atoms with Crippen LogP contribution in [0.5, 0.6) is 0 Å². The quantitative estimate of drug-likeness (QED) is 0.894. The molecule has 2 rings (SSSR count). The van der Waals surface area contributed by atoms with Crippen molar-refractivity contribution in [3.8, 4) is 0 Å². The van der Waals surface area contributed by atoms with Crippen molar-refractivity contribution in [2.75, 3.05) is 14.1 Å². The molecule has 0 spiro atoms. The van der Waals surface area contributed by atoms with E-state index in [9.17, 15) is 0 Å². The summed E-state index contributed by atoms with van der Waals surface area (Å²) < 4.78 is 0. The lowest BCUT2D eigenvalue weighted by Gasteiger charge is -2.35. The van der Waals surface area contributed by atoms with Crippen molar-refractivity contribution in [1.29, 1.82) is 0 Å². The van der Waals surface area contributed by atoms with Gasteiger partial charge in [0.1, 0.15) is 0 Å². The first-order chi connectivity index (χ1) is 9.10. The van der Waals surface area contributed by atoms with Crippen LogP contribution >= 0.6 is 0 Å². The van der Waals surface area contributed by atoms with Gasteiger partial charge in [0.2, 0.25) is 0 Å². The smallest absolute Gasteiger partial charge is 0.0236 e. The van der Waals surface area contributed by atoms with Gasteiger partial charge in [-0.2, -0.15) is 0 Å². The zero-order valence-corrected chi connectivity index (χ0v) is 12.9. The Morgan fingerprint density at radius 1 is 1.16 bits per heavy atom. The molecule has 0 atom stereocenters. The highest BCUT2D eigenvalue weighted by Crippen LogP contribution is 2.24. The van der Waals surface area contributed by atoms with Crippen molar-refractivity contribution < 1.29 is 0 Å². The SMILES string of the molecule is CNC1CCC(N(C)Cc2ccc(C)cc2C)CC1. The van der Waals surface area contributed by atoms with Gasteiger partial charge in [-0.1, -0.05) is 23.8 Å². The molecule has 19 heavy (non-hydrogen) atoms. The average molecular weight is 260 g/mol. The van der Waals surface area contributed by atoms with Gasteiger partial charge in [0, 0.05) is 18.6 Å². The van der Waals surface area contributed by atoms with Crippen LogP contribution < -0.4 is 5.32 Å². The fraction of sp³-hybridized carbons (Fsp3) is 0.647. The lowest BCUT2D eigenvalue weighted by Crippen LogP contribution is -2.39. The molecule has 1 fully saturated rings. The third kappa shape index (κ3) is 3.80. The Hall–Kier alpha value is -0.860. The van der Waals surface area contributed by atoms with E-state index in [1.54, 1.807) is 0 Å². The van der Waals surface area contributed by atoms with Gasteiger partial charge in [0.25, 0.3) is 0 Å². The van der Waals surface area contributed by atoms with Gasteiger partial charge in [-0.3, -0.25) is 4.90 Å². The second kappa shape index (κ2) is 6.53. The van der Waals surface area contributed by atoms with Crippen LogP contribution in [0.15, 0.2) is 18.2 Å². The zero-order chi connectivity index (χ0) is 13.8. The minimum atomic E-state index is 0.741. The van der Waals surface area contributed by atoms with Crippen LogP contribution in [0, 0.1) is 13.8 Å². The number of aryl methyl sites for hydroxylation is 2. The summed E-state index contributed by atoms with van der Waals surface area (Å²) in [5, 5.41) is 3.41. The summed E-state index contributed by atoms with van der Waals surface area (Å²) in [6.07, 6.45) is 5.29. The predicted octanol–water partition coefficient (Wildman–Crippen LogP) is 3.27. The third-order valence-electron chi connectivity index (χ3n) is 4.65. The first kappa shape index (κ1) is 14.5. The molecule has 0 aromatic heterocycles. The first-order valence-electron chi connectivity index (χ1n) is 7.53. The molecular formula is C17H28N2. The van der Waals surface area contributed by atoms with Crippen molar-refractivity contribution in [2.24, 2.45) is 0 Å². The summed E-state index contributed by atoms with van der Waals surface area (Å²) in [6, 6.07) is 8.31. The molecule has 106 valence electrons. The molecule has 2 heteroatoms. The predicted molar refractivity (Wildman–Crippen MR) is 82.5 cm³/mol. The second-order valence-electron chi connectivity index (χ2n) is 6.14. The molecule has 0 aliphatic heterocycles. The molecule has 1 aromatic rings. The van der Waals surface area contributed by atoms with E-state index in [4.69, 9.17) is 0 Å². The van der Waals surface area contributed by atoms with E-state index in [1.165, 1.54) is 42.4 Å². The Balaban J connectivity index is 1.92. The van der Waals surface area contributed by atoms with E-state index in [2.05, 4.69) is 56.4 Å². The number of hydrogen-bond donors (Lipinski definition) is 1. The maximum absolute atomic E-state index is 3.41. The van der Waals surface area contributed by atoms with Gasteiger partial charge < -0.3 is 5.32 Å². The van der Waals surface area contributed by atoms with Crippen molar-refractivity contribution in [3.05, 3.63) is 34.9 Å². The standard InChI is InChI=1S/C17H28N2/c1-13-5-6-15(14(2)11-13)12-19(4)17-9-7-16(18-3)8-10-17/h5-6,11,16-18H,7-10,12H2,1-4H3. The summed E-state index contributed by atoms with van der Waals surface area (Å²) >= 11 is 0. The highest BCUT2D eigenvalue weighted by Gasteiger charge is 2.23. The Morgan fingerprint density at radius 3 is 2.42 bits per heavy atom. The number of benzene rings is 1. The molecule has 0 radical (unpaired) electrons. The highest BCUT2D eigenvalue weighted by atomic mass is 15.1. The van der Waals surface area contributed by atoms with Crippen molar-refractivity contribution in [2.45, 2.75) is 58.2 Å². The van der Waals surface area contributed by atoms with Gasteiger partial charge in [-0.05, 0) is 64.8 Å². The first-order valence-corrected chi connectivity index (χ1v) is 7.53. The van der Waals surface area contributed by atoms with Gasteiger partial charge >= 0.3 is 0 Å². The Morgan fingerprint density at radius 2 is 1.84 bits per heavy atom. The molecule has 1 aliphatic carbocycles. The lowest BCUT2D eigenvalue weighted by molar-refractivity contribution is 0.169. The van der Waals surface area contributed by atoms with E-state index < -0.39 is 0 Å². The van der Waals surface area contributed by atoms with Crippen LogP contribution in [0.1, 0.15) is 42.4 Å². The molecule has 1 N–H and O–H groups in total. The minimum absolute atomic E-state index is 0.741. The zero-order valence-electron chi connectivity index (χ0n) is 12.9. The number of hydrogen-bond acceptors (Lipinski definition) is 2. The molecule has 0 heterocycles. The van der Waals surface area contributed by atoms with E-state index in [0.29, 0.717) is 0 Å². The summed E-state index contributed by atoms with van der Waals surface area (Å²) in [6.45, 7) is 5.48. The van der Waals surface area contributed by atoms with E-state index in [-0.39, 0.29) is 0 Å². The number of nitrogens with one attached hydrogen (secondary N) is 1. The van der Waals surface area contributed by atoms with Crippen molar-refractivity contribution in [3.63, 3.8) is 0 Å². The molecule has 1 aliphatic rings. The average Bonchev–Trinajstić information content (AvgIpc) is 2.42. The maximum atomic E-state index is 3.41. The summed E-state index contributed by atoms with van der Waals surface area (Å²) in [5.74, 6) is 0. The largest absolute Gasteiger partial charge is 0.317 e. The molecular weight excluding hydrogens is 232 g/mol. The summed E-state index contributed by atoms with van der Waals surface area (Å²) in [7, 11) is 4.37. The van der Waals surface area contributed by atoms with E-state index >= 15 is 0 Å². The van der Waals surface area contributed by atoms with Gasteiger partial charge in [0.05, 0.1) is 0 Å². The fourth-order valence-electron chi connectivity index (χ4n) is 3.23. The monoisotopic (exact) mass is 260 g/mol. The Labute approximate surface area is 118 Å². The molecule has 1 aromatic carbocycles. The van der Waals surface area contributed by atoms with Crippen LogP contribution in [0.2, 0.25) is 0 Å². The van der Waals surface area contributed by atoms with Gasteiger partial charge in [-0.25, -0.2) is 0 Å². The Kier molecular flexibility index (Phi) is 5.00. The normalized spacial score (nSPS) is 23.8. The van der Waals surface area contributed by atoms with Gasteiger partial charge in [-0.15, -0.1) is 0 Å². The summed E-state index contributed by atoms with van der Waals surface area (Å²) in [5.41, 5.74) is 4.26.